The highest BCUT2D eigenvalue weighted by Crippen LogP contribution is 2.27. The zero-order valence-corrected chi connectivity index (χ0v) is 13.3. The summed E-state index contributed by atoms with van der Waals surface area (Å²) in [6.07, 6.45) is 1.93. The normalized spacial score (nSPS) is 13.7. The number of carbonyl (C=O) groups excluding carboxylic acids is 1. The number of carbonyl (C=O) groups is 1. The average molecular weight is 321 g/mol. The fourth-order valence-electron chi connectivity index (χ4n) is 1.83. The van der Waals surface area contributed by atoms with Crippen molar-refractivity contribution in [3.05, 3.63) is 28.0 Å². The maximum atomic E-state index is 13.3. The molecule has 20 heavy (non-hydrogen) atoms. The highest BCUT2D eigenvalue weighted by Gasteiger charge is 2.16. The van der Waals surface area contributed by atoms with E-state index in [9.17, 15) is 9.18 Å². The van der Waals surface area contributed by atoms with Crippen molar-refractivity contribution < 1.29 is 9.18 Å². The number of amides is 1. The fourth-order valence-corrected chi connectivity index (χ4v) is 2.31. The molecule has 0 saturated carbocycles. The van der Waals surface area contributed by atoms with E-state index in [0.717, 1.165) is 12.8 Å². The lowest BCUT2D eigenvalue weighted by Crippen LogP contribution is -2.42. The number of nitrogens with one attached hydrogen (secondary N) is 2. The lowest BCUT2D eigenvalue weighted by Gasteiger charge is -2.19. The summed E-state index contributed by atoms with van der Waals surface area (Å²) in [5, 5.41) is 5.70. The van der Waals surface area contributed by atoms with E-state index in [0.29, 0.717) is 5.69 Å². The van der Waals surface area contributed by atoms with Crippen LogP contribution in [0.1, 0.15) is 33.6 Å². The van der Waals surface area contributed by atoms with Crippen LogP contribution in [0.15, 0.2) is 12.1 Å². The Bertz CT molecular complexity index is 459. The first-order valence-electron chi connectivity index (χ1n) is 6.56. The summed E-state index contributed by atoms with van der Waals surface area (Å²) in [4.78, 5) is 12.0. The number of hydrogen-bond donors (Lipinski definition) is 2. The quantitative estimate of drug-likeness (QED) is 0.770. The molecule has 0 radical (unpaired) electrons. The van der Waals surface area contributed by atoms with Crippen LogP contribution in [-0.2, 0) is 4.79 Å². The first-order valence-corrected chi connectivity index (χ1v) is 7.32. The van der Waals surface area contributed by atoms with Gasteiger partial charge in [0.2, 0.25) is 5.91 Å². The second-order valence-electron chi connectivity index (χ2n) is 4.82. The van der Waals surface area contributed by atoms with Crippen LogP contribution < -0.4 is 10.6 Å². The van der Waals surface area contributed by atoms with Gasteiger partial charge in [-0.1, -0.05) is 36.5 Å². The molecule has 1 amide bonds. The standard InChI is InChI=1S/C14H19Cl2FN2O/c1-4-5-8(2)18-14(20)9(3)19-10-6-11(15)13(17)12(16)7-10/h6-9,19H,4-5H2,1-3H3,(H,18,20). The van der Waals surface area contributed by atoms with Crippen molar-refractivity contribution in [3.63, 3.8) is 0 Å². The van der Waals surface area contributed by atoms with Crippen LogP contribution >= 0.6 is 23.2 Å². The molecule has 1 aromatic carbocycles. The lowest BCUT2D eigenvalue weighted by molar-refractivity contribution is -0.122. The number of anilines is 1. The molecule has 0 spiro atoms. The number of benzene rings is 1. The first kappa shape index (κ1) is 17.1. The van der Waals surface area contributed by atoms with Crippen molar-refractivity contribution in [2.24, 2.45) is 0 Å². The van der Waals surface area contributed by atoms with E-state index in [-0.39, 0.29) is 22.0 Å². The number of halogens is 3. The topological polar surface area (TPSA) is 41.1 Å². The molecule has 2 atom stereocenters. The van der Waals surface area contributed by atoms with Gasteiger partial charge in [0.1, 0.15) is 6.04 Å². The lowest BCUT2D eigenvalue weighted by atomic mass is 10.2. The molecule has 0 aliphatic heterocycles. The van der Waals surface area contributed by atoms with Crippen LogP contribution in [0.3, 0.4) is 0 Å². The van der Waals surface area contributed by atoms with E-state index >= 15 is 0 Å². The minimum absolute atomic E-state index is 0.0769. The highest BCUT2D eigenvalue weighted by atomic mass is 35.5. The fraction of sp³-hybridized carbons (Fsp3) is 0.500. The third-order valence-electron chi connectivity index (χ3n) is 2.87. The minimum atomic E-state index is -0.660. The van der Waals surface area contributed by atoms with Crippen molar-refractivity contribution in [1.29, 1.82) is 0 Å². The summed E-state index contributed by atoms with van der Waals surface area (Å²) in [7, 11) is 0. The Kier molecular flexibility index (Phi) is 6.56. The Morgan fingerprint density at radius 3 is 2.35 bits per heavy atom. The van der Waals surface area contributed by atoms with Crippen molar-refractivity contribution >= 4 is 34.8 Å². The van der Waals surface area contributed by atoms with Crippen LogP contribution in [0.4, 0.5) is 10.1 Å². The van der Waals surface area contributed by atoms with Gasteiger partial charge in [0.25, 0.3) is 0 Å². The first-order chi connectivity index (χ1) is 9.35. The predicted octanol–water partition coefficient (Wildman–Crippen LogP) is 4.24. The number of hydrogen-bond acceptors (Lipinski definition) is 2. The van der Waals surface area contributed by atoms with Crippen molar-refractivity contribution in [1.82, 2.24) is 5.32 Å². The van der Waals surface area contributed by atoms with E-state index in [4.69, 9.17) is 23.2 Å². The molecule has 0 heterocycles. The average Bonchev–Trinajstić information content (AvgIpc) is 2.35. The van der Waals surface area contributed by atoms with Crippen LogP contribution in [-0.4, -0.2) is 18.0 Å². The van der Waals surface area contributed by atoms with E-state index < -0.39 is 11.9 Å². The summed E-state index contributed by atoms with van der Waals surface area (Å²) in [6, 6.07) is 2.47. The summed E-state index contributed by atoms with van der Waals surface area (Å²) in [5.74, 6) is -0.782. The molecule has 112 valence electrons. The number of rotatable bonds is 6. The molecule has 1 aromatic rings. The van der Waals surface area contributed by atoms with Gasteiger partial charge in [-0.3, -0.25) is 4.79 Å². The Balaban J connectivity index is 2.66. The molecule has 0 bridgehead atoms. The molecule has 0 aromatic heterocycles. The highest BCUT2D eigenvalue weighted by molar-refractivity contribution is 6.35. The third-order valence-corrected chi connectivity index (χ3v) is 3.42. The van der Waals surface area contributed by atoms with Crippen LogP contribution in [0.2, 0.25) is 10.0 Å². The van der Waals surface area contributed by atoms with Gasteiger partial charge < -0.3 is 10.6 Å². The molecule has 2 N–H and O–H groups in total. The van der Waals surface area contributed by atoms with Gasteiger partial charge in [-0.2, -0.15) is 0 Å². The summed E-state index contributed by atoms with van der Waals surface area (Å²) in [5.41, 5.74) is 0.507. The zero-order chi connectivity index (χ0) is 15.3. The molecule has 3 nitrogen and oxygen atoms in total. The molecular formula is C14H19Cl2FN2O. The van der Waals surface area contributed by atoms with E-state index in [1.807, 2.05) is 6.92 Å². The molecule has 0 saturated heterocycles. The minimum Gasteiger partial charge on any atom is -0.374 e. The zero-order valence-electron chi connectivity index (χ0n) is 11.8. The Labute approximate surface area is 128 Å². The van der Waals surface area contributed by atoms with Gasteiger partial charge >= 0.3 is 0 Å². The summed E-state index contributed by atoms with van der Waals surface area (Å²) >= 11 is 11.4. The van der Waals surface area contributed by atoms with Crippen LogP contribution in [0.5, 0.6) is 0 Å². The largest absolute Gasteiger partial charge is 0.374 e. The molecule has 0 aliphatic rings. The van der Waals surface area contributed by atoms with E-state index in [1.165, 1.54) is 12.1 Å². The Morgan fingerprint density at radius 2 is 1.85 bits per heavy atom. The van der Waals surface area contributed by atoms with Crippen molar-refractivity contribution in [2.75, 3.05) is 5.32 Å². The van der Waals surface area contributed by atoms with Gasteiger partial charge in [-0.05, 0) is 32.4 Å². The van der Waals surface area contributed by atoms with Gasteiger partial charge in [-0.25, -0.2) is 4.39 Å². The van der Waals surface area contributed by atoms with Crippen molar-refractivity contribution in [2.45, 2.75) is 45.7 Å². The second kappa shape index (κ2) is 7.70. The summed E-state index contributed by atoms with van der Waals surface area (Å²) < 4.78 is 13.3. The molecule has 0 aliphatic carbocycles. The molecule has 1 rings (SSSR count). The third kappa shape index (κ3) is 4.84. The Hall–Kier alpha value is -1.00. The predicted molar refractivity (Wildman–Crippen MR) is 82.0 cm³/mol. The molecule has 0 fully saturated rings. The molecular weight excluding hydrogens is 302 g/mol. The maximum absolute atomic E-state index is 13.3. The van der Waals surface area contributed by atoms with Crippen LogP contribution in [0, 0.1) is 5.82 Å². The smallest absolute Gasteiger partial charge is 0.242 e. The Morgan fingerprint density at radius 1 is 1.30 bits per heavy atom. The maximum Gasteiger partial charge on any atom is 0.242 e. The van der Waals surface area contributed by atoms with Gasteiger partial charge in [-0.15, -0.1) is 0 Å². The summed E-state index contributed by atoms with van der Waals surface area (Å²) in [6.45, 7) is 5.74. The molecule has 6 heteroatoms. The second-order valence-corrected chi connectivity index (χ2v) is 5.63. The monoisotopic (exact) mass is 320 g/mol. The van der Waals surface area contributed by atoms with Crippen LogP contribution in [0.25, 0.3) is 0 Å². The van der Waals surface area contributed by atoms with E-state index in [2.05, 4.69) is 17.6 Å². The van der Waals surface area contributed by atoms with Gasteiger partial charge in [0.05, 0.1) is 10.0 Å². The van der Waals surface area contributed by atoms with Crippen molar-refractivity contribution in [3.8, 4) is 0 Å². The molecule has 2 unspecified atom stereocenters. The van der Waals surface area contributed by atoms with Gasteiger partial charge in [0, 0.05) is 11.7 Å². The van der Waals surface area contributed by atoms with Gasteiger partial charge in [0.15, 0.2) is 5.82 Å². The van der Waals surface area contributed by atoms with E-state index in [1.54, 1.807) is 6.92 Å². The SMILES string of the molecule is CCCC(C)NC(=O)C(C)Nc1cc(Cl)c(F)c(Cl)c1.